The van der Waals surface area contributed by atoms with Gasteiger partial charge < -0.3 is 4.74 Å². The van der Waals surface area contributed by atoms with Gasteiger partial charge in [-0.05, 0) is 37.3 Å². The summed E-state index contributed by atoms with van der Waals surface area (Å²) in [5.74, 6) is 1.78. The van der Waals surface area contributed by atoms with Crippen molar-refractivity contribution in [2.45, 2.75) is 35.0 Å². The van der Waals surface area contributed by atoms with Crippen molar-refractivity contribution in [3.63, 3.8) is 0 Å². The lowest BCUT2D eigenvalue weighted by Gasteiger charge is -2.46. The summed E-state index contributed by atoms with van der Waals surface area (Å²) in [4.78, 5) is 4.19. The molecular formula is C15H20N2O3S2. The lowest BCUT2D eigenvalue weighted by Crippen LogP contribution is -2.60. The number of thioether (sulfide) groups is 1. The summed E-state index contributed by atoms with van der Waals surface area (Å²) in [5.41, 5.74) is 0. The van der Waals surface area contributed by atoms with Crippen LogP contribution >= 0.6 is 11.8 Å². The van der Waals surface area contributed by atoms with Crippen molar-refractivity contribution in [3.05, 3.63) is 24.5 Å². The molecular weight excluding hydrogens is 320 g/mol. The molecule has 0 bridgehead atoms. The van der Waals surface area contributed by atoms with Gasteiger partial charge in [-0.15, -0.1) is 11.8 Å². The Bertz CT molecular complexity index is 640. The highest BCUT2D eigenvalue weighted by molar-refractivity contribution is 8.01. The molecule has 2 aliphatic heterocycles. The second kappa shape index (κ2) is 5.47. The van der Waals surface area contributed by atoms with E-state index in [2.05, 4.69) is 4.98 Å². The second-order valence-electron chi connectivity index (χ2n) is 6.56. The first kappa shape index (κ1) is 14.9. The third-order valence-corrected chi connectivity index (χ3v) is 7.99. The van der Waals surface area contributed by atoms with Gasteiger partial charge in [-0.25, -0.2) is 8.42 Å². The lowest BCUT2D eigenvalue weighted by atomic mass is 9.95. The van der Waals surface area contributed by atoms with Crippen LogP contribution in [0, 0.1) is 5.92 Å². The number of hydrogen-bond acceptors (Lipinski definition) is 5. The molecule has 3 heterocycles. The molecule has 4 rings (SSSR count). The molecule has 1 aromatic heterocycles. The van der Waals surface area contributed by atoms with Gasteiger partial charge in [0.2, 0.25) is 10.0 Å². The minimum atomic E-state index is -3.38. The summed E-state index contributed by atoms with van der Waals surface area (Å²) >= 11 is 1.88. The molecule has 22 heavy (non-hydrogen) atoms. The van der Waals surface area contributed by atoms with Gasteiger partial charge in [-0.3, -0.25) is 4.98 Å². The van der Waals surface area contributed by atoms with Gasteiger partial charge in [-0.1, -0.05) is 0 Å². The maximum Gasteiger partial charge on any atom is 0.244 e. The number of rotatable bonds is 5. The number of pyridine rings is 1. The van der Waals surface area contributed by atoms with Crippen LogP contribution in [0.3, 0.4) is 0 Å². The van der Waals surface area contributed by atoms with E-state index in [0.717, 1.165) is 24.7 Å². The molecule has 1 saturated carbocycles. The summed E-state index contributed by atoms with van der Waals surface area (Å²) in [6.07, 6.45) is 6.90. The Morgan fingerprint density at radius 3 is 2.91 bits per heavy atom. The van der Waals surface area contributed by atoms with E-state index in [9.17, 15) is 8.42 Å². The molecule has 0 radical (unpaired) electrons. The number of ether oxygens (including phenoxy) is 1. The molecule has 3 fully saturated rings. The molecule has 1 atom stereocenters. The highest BCUT2D eigenvalue weighted by Crippen LogP contribution is 2.47. The Morgan fingerprint density at radius 2 is 2.23 bits per heavy atom. The zero-order valence-corrected chi connectivity index (χ0v) is 14.0. The first-order chi connectivity index (χ1) is 10.6. The fraction of sp³-hybridized carbons (Fsp3) is 0.667. The Balaban J connectivity index is 1.35. The fourth-order valence-electron chi connectivity index (χ4n) is 3.10. The molecule has 0 aromatic carbocycles. The van der Waals surface area contributed by atoms with Crippen LogP contribution in [0.25, 0.3) is 0 Å². The maximum atomic E-state index is 12.5. The van der Waals surface area contributed by atoms with E-state index in [1.165, 1.54) is 19.0 Å². The Morgan fingerprint density at radius 1 is 1.41 bits per heavy atom. The average Bonchev–Trinajstić information content (AvgIpc) is 3.22. The van der Waals surface area contributed by atoms with Crippen molar-refractivity contribution in [2.24, 2.45) is 5.92 Å². The summed E-state index contributed by atoms with van der Waals surface area (Å²) in [6.45, 7) is 2.08. The predicted molar refractivity (Wildman–Crippen MR) is 85.3 cm³/mol. The molecule has 0 unspecified atom stereocenters. The van der Waals surface area contributed by atoms with Crippen molar-refractivity contribution >= 4 is 21.8 Å². The van der Waals surface area contributed by atoms with Gasteiger partial charge in [0.1, 0.15) is 4.90 Å². The smallest absolute Gasteiger partial charge is 0.244 e. The summed E-state index contributed by atoms with van der Waals surface area (Å²) < 4.78 is 32.6. The van der Waals surface area contributed by atoms with Gasteiger partial charge in [0.15, 0.2) is 0 Å². The van der Waals surface area contributed by atoms with E-state index < -0.39 is 10.0 Å². The molecule has 7 heteroatoms. The summed E-state index contributed by atoms with van der Waals surface area (Å²) in [5, 5.41) is 0. The van der Waals surface area contributed by atoms with Crippen molar-refractivity contribution in [2.75, 3.05) is 25.4 Å². The van der Waals surface area contributed by atoms with E-state index in [0.29, 0.717) is 19.2 Å². The van der Waals surface area contributed by atoms with Gasteiger partial charge in [-0.2, -0.15) is 4.31 Å². The van der Waals surface area contributed by atoms with Crippen LogP contribution < -0.4 is 0 Å². The van der Waals surface area contributed by atoms with Gasteiger partial charge in [0.25, 0.3) is 0 Å². The van der Waals surface area contributed by atoms with Gasteiger partial charge in [0.05, 0.1) is 6.10 Å². The van der Waals surface area contributed by atoms with Crippen LogP contribution in [-0.4, -0.2) is 54.0 Å². The zero-order valence-electron chi connectivity index (χ0n) is 12.3. The molecule has 120 valence electrons. The van der Waals surface area contributed by atoms with Crippen LogP contribution in [0.1, 0.15) is 19.3 Å². The largest absolute Gasteiger partial charge is 0.377 e. The first-order valence-electron chi connectivity index (χ1n) is 7.73. The van der Waals surface area contributed by atoms with E-state index >= 15 is 0 Å². The highest BCUT2D eigenvalue weighted by atomic mass is 32.2. The Labute approximate surface area is 135 Å². The number of aromatic nitrogens is 1. The van der Waals surface area contributed by atoms with Gasteiger partial charge in [0, 0.05) is 42.6 Å². The van der Waals surface area contributed by atoms with Crippen LogP contribution in [-0.2, 0) is 14.8 Å². The molecule has 5 nitrogen and oxygen atoms in total. The van der Waals surface area contributed by atoms with Crippen LogP contribution in [0.2, 0.25) is 0 Å². The fourth-order valence-corrected chi connectivity index (χ4v) is 6.39. The van der Waals surface area contributed by atoms with Crippen molar-refractivity contribution in [1.82, 2.24) is 9.29 Å². The topological polar surface area (TPSA) is 59.5 Å². The zero-order chi connectivity index (χ0) is 15.2. The van der Waals surface area contributed by atoms with E-state index in [1.54, 1.807) is 22.6 Å². The van der Waals surface area contributed by atoms with Crippen molar-refractivity contribution in [3.8, 4) is 0 Å². The monoisotopic (exact) mass is 340 g/mol. The quantitative estimate of drug-likeness (QED) is 0.817. The van der Waals surface area contributed by atoms with Crippen LogP contribution in [0.15, 0.2) is 29.4 Å². The predicted octanol–water partition coefficient (Wildman–Crippen LogP) is 1.76. The minimum absolute atomic E-state index is 0.0729. The van der Waals surface area contributed by atoms with Crippen molar-refractivity contribution in [1.29, 1.82) is 0 Å². The van der Waals surface area contributed by atoms with Gasteiger partial charge >= 0.3 is 0 Å². The lowest BCUT2D eigenvalue weighted by molar-refractivity contribution is 0.0446. The second-order valence-corrected chi connectivity index (χ2v) is 9.98. The van der Waals surface area contributed by atoms with E-state index in [-0.39, 0.29) is 9.64 Å². The molecule has 1 aromatic rings. The summed E-state index contributed by atoms with van der Waals surface area (Å²) in [6, 6.07) is 3.27. The van der Waals surface area contributed by atoms with E-state index in [4.69, 9.17) is 4.74 Å². The van der Waals surface area contributed by atoms with E-state index in [1.807, 2.05) is 11.8 Å². The Hall–Kier alpha value is -0.630. The number of hydrogen-bond donors (Lipinski definition) is 0. The number of sulfonamides is 1. The first-order valence-corrected chi connectivity index (χ1v) is 10.2. The molecule has 3 aliphatic rings. The molecule has 1 aliphatic carbocycles. The normalized spacial score (nSPS) is 27.9. The highest BCUT2D eigenvalue weighted by Gasteiger charge is 2.53. The summed E-state index contributed by atoms with van der Waals surface area (Å²) in [7, 11) is -3.38. The van der Waals surface area contributed by atoms with Crippen LogP contribution in [0.5, 0.6) is 0 Å². The third-order valence-electron chi connectivity index (χ3n) is 4.64. The third kappa shape index (κ3) is 2.79. The van der Waals surface area contributed by atoms with Crippen molar-refractivity contribution < 1.29 is 13.2 Å². The number of nitrogens with zero attached hydrogens (tertiary/aromatic N) is 2. The SMILES string of the molecule is O=S(=O)(c1cccnc1)N1CC2(C[C@H](OCC3CC3)CS2)C1. The average molecular weight is 340 g/mol. The Kier molecular flexibility index (Phi) is 3.71. The minimum Gasteiger partial charge on any atom is -0.377 e. The molecule has 1 spiro atoms. The molecule has 2 saturated heterocycles. The van der Waals surface area contributed by atoms with Crippen LogP contribution in [0.4, 0.5) is 0 Å². The molecule has 0 amide bonds. The molecule has 0 N–H and O–H groups in total. The standard InChI is InChI=1S/C15H20N2O3S2/c18-22(19,14-2-1-5-16-7-14)17-10-15(11-17)6-13(9-21-15)20-8-12-3-4-12/h1-2,5,7,12-13H,3-4,6,8-11H2/t13-/m0/s1. The maximum absolute atomic E-state index is 12.5.